The molecule has 1 N–H and O–H groups in total. The van der Waals surface area contributed by atoms with Gasteiger partial charge in [0.25, 0.3) is 0 Å². The Bertz CT molecular complexity index is 360. The van der Waals surface area contributed by atoms with Crippen LogP contribution in [0.2, 0.25) is 0 Å². The monoisotopic (exact) mass is 253 g/mol. The van der Waals surface area contributed by atoms with Crippen molar-refractivity contribution in [3.8, 4) is 0 Å². The lowest BCUT2D eigenvalue weighted by Crippen LogP contribution is -2.46. The summed E-state index contributed by atoms with van der Waals surface area (Å²) in [6.07, 6.45) is 1.45. The summed E-state index contributed by atoms with van der Waals surface area (Å²) in [6, 6.07) is 0. The van der Waals surface area contributed by atoms with Crippen molar-refractivity contribution < 1.29 is 4.79 Å². The smallest absolute Gasteiger partial charge is 0.244 e. The van der Waals surface area contributed by atoms with E-state index < -0.39 is 0 Å². The number of aromatic nitrogens is 4. The van der Waals surface area contributed by atoms with Crippen LogP contribution in [-0.2, 0) is 11.3 Å². The number of tetrazole rings is 1. The molecule has 1 fully saturated rings. The van der Waals surface area contributed by atoms with Gasteiger partial charge < -0.3 is 10.2 Å². The zero-order valence-corrected chi connectivity index (χ0v) is 10.6. The van der Waals surface area contributed by atoms with Crippen molar-refractivity contribution in [2.75, 3.05) is 46.3 Å². The first-order valence-electron chi connectivity index (χ1n) is 6.13. The molecule has 100 valence electrons. The fraction of sp³-hybridized carbons (Fsp3) is 0.800. The standard InChI is InChI=1S/C10H19N7O/c1-15(6-7-16-4-2-11-3-5-16)10(18)8-17-9-12-13-14-17/h9,11H,2-8H2,1H3. The molecule has 1 aromatic heterocycles. The summed E-state index contributed by atoms with van der Waals surface area (Å²) in [5.74, 6) is 0.0254. The molecule has 1 aliphatic heterocycles. The molecule has 2 rings (SSSR count). The van der Waals surface area contributed by atoms with Crippen LogP contribution in [0.15, 0.2) is 6.33 Å². The summed E-state index contributed by atoms with van der Waals surface area (Å²) in [5.41, 5.74) is 0. The highest BCUT2D eigenvalue weighted by atomic mass is 16.2. The van der Waals surface area contributed by atoms with Crippen molar-refractivity contribution in [1.82, 2.24) is 35.3 Å². The molecule has 0 aliphatic carbocycles. The van der Waals surface area contributed by atoms with Crippen LogP contribution in [-0.4, -0.2) is 82.2 Å². The van der Waals surface area contributed by atoms with Gasteiger partial charge in [-0.2, -0.15) is 0 Å². The second-order valence-corrected chi connectivity index (χ2v) is 4.41. The molecule has 2 heterocycles. The molecule has 0 radical (unpaired) electrons. The normalized spacial score (nSPS) is 16.7. The van der Waals surface area contributed by atoms with Crippen molar-refractivity contribution in [3.05, 3.63) is 6.33 Å². The average molecular weight is 253 g/mol. The summed E-state index contributed by atoms with van der Waals surface area (Å²) in [5, 5.41) is 14.0. The SMILES string of the molecule is CN(CCN1CCNCC1)C(=O)Cn1cnnn1. The second-order valence-electron chi connectivity index (χ2n) is 4.41. The molecule has 8 heteroatoms. The summed E-state index contributed by atoms with van der Waals surface area (Å²) in [7, 11) is 1.81. The Morgan fingerprint density at radius 1 is 1.44 bits per heavy atom. The van der Waals surface area contributed by atoms with E-state index in [4.69, 9.17) is 0 Å². The van der Waals surface area contributed by atoms with Gasteiger partial charge in [0.1, 0.15) is 12.9 Å². The number of hydrogen-bond acceptors (Lipinski definition) is 6. The van der Waals surface area contributed by atoms with E-state index in [9.17, 15) is 4.79 Å². The minimum atomic E-state index is 0.0254. The Hall–Kier alpha value is -1.54. The lowest BCUT2D eigenvalue weighted by atomic mass is 10.3. The molecule has 0 saturated carbocycles. The van der Waals surface area contributed by atoms with Gasteiger partial charge in [0.15, 0.2) is 0 Å². The van der Waals surface area contributed by atoms with Crippen LogP contribution in [0.4, 0.5) is 0 Å². The third-order valence-electron chi connectivity index (χ3n) is 3.08. The van der Waals surface area contributed by atoms with Gasteiger partial charge in [-0.05, 0) is 10.4 Å². The number of amides is 1. The Balaban J connectivity index is 1.70. The fourth-order valence-corrected chi connectivity index (χ4v) is 1.86. The van der Waals surface area contributed by atoms with Gasteiger partial charge in [-0.3, -0.25) is 9.69 Å². The van der Waals surface area contributed by atoms with E-state index in [0.717, 1.165) is 39.3 Å². The van der Waals surface area contributed by atoms with Gasteiger partial charge in [0, 0.05) is 46.3 Å². The molecule has 0 unspecified atom stereocenters. The lowest BCUT2D eigenvalue weighted by molar-refractivity contribution is -0.130. The third-order valence-corrected chi connectivity index (χ3v) is 3.08. The molecule has 0 aromatic carbocycles. The van der Waals surface area contributed by atoms with Gasteiger partial charge in [-0.15, -0.1) is 5.10 Å². The number of piperazine rings is 1. The van der Waals surface area contributed by atoms with E-state index in [1.807, 2.05) is 7.05 Å². The quantitative estimate of drug-likeness (QED) is 0.656. The maximum absolute atomic E-state index is 11.9. The average Bonchev–Trinajstić information content (AvgIpc) is 2.90. The van der Waals surface area contributed by atoms with Crippen LogP contribution in [0.25, 0.3) is 0 Å². The van der Waals surface area contributed by atoms with Crippen LogP contribution in [0.3, 0.4) is 0 Å². The molecule has 1 saturated heterocycles. The molecule has 0 bridgehead atoms. The highest BCUT2D eigenvalue weighted by molar-refractivity contribution is 5.75. The first kappa shape index (κ1) is 12.9. The van der Waals surface area contributed by atoms with Crippen LogP contribution >= 0.6 is 0 Å². The zero-order chi connectivity index (χ0) is 12.8. The minimum absolute atomic E-state index is 0.0254. The number of likely N-dealkylation sites (N-methyl/N-ethyl adjacent to an activating group) is 1. The van der Waals surface area contributed by atoms with E-state index in [2.05, 4.69) is 25.7 Å². The summed E-state index contributed by atoms with van der Waals surface area (Å²) in [6.45, 7) is 6.01. The Kier molecular flexibility index (Phi) is 4.59. The molecule has 1 aliphatic rings. The molecular formula is C10H19N7O. The second kappa shape index (κ2) is 6.41. The van der Waals surface area contributed by atoms with E-state index in [1.165, 1.54) is 11.0 Å². The molecule has 0 spiro atoms. The van der Waals surface area contributed by atoms with Crippen LogP contribution in [0, 0.1) is 0 Å². The predicted molar refractivity (Wildman–Crippen MR) is 64.8 cm³/mol. The van der Waals surface area contributed by atoms with Gasteiger partial charge in [-0.25, -0.2) is 4.68 Å². The maximum atomic E-state index is 11.9. The molecular weight excluding hydrogens is 234 g/mol. The summed E-state index contributed by atoms with van der Waals surface area (Å²) < 4.78 is 1.43. The largest absolute Gasteiger partial charge is 0.343 e. The van der Waals surface area contributed by atoms with Crippen molar-refractivity contribution in [2.45, 2.75) is 6.54 Å². The van der Waals surface area contributed by atoms with Crippen LogP contribution in [0.1, 0.15) is 0 Å². The molecule has 1 aromatic rings. The minimum Gasteiger partial charge on any atom is -0.343 e. The van der Waals surface area contributed by atoms with E-state index >= 15 is 0 Å². The van der Waals surface area contributed by atoms with Crippen molar-refractivity contribution >= 4 is 5.91 Å². The van der Waals surface area contributed by atoms with E-state index in [-0.39, 0.29) is 12.5 Å². The number of nitrogens with one attached hydrogen (secondary N) is 1. The Morgan fingerprint density at radius 3 is 2.89 bits per heavy atom. The highest BCUT2D eigenvalue weighted by Crippen LogP contribution is 1.94. The van der Waals surface area contributed by atoms with Gasteiger partial charge in [0.05, 0.1) is 0 Å². The van der Waals surface area contributed by atoms with Crippen molar-refractivity contribution in [2.24, 2.45) is 0 Å². The number of rotatable bonds is 5. The van der Waals surface area contributed by atoms with Crippen LogP contribution < -0.4 is 5.32 Å². The first-order valence-corrected chi connectivity index (χ1v) is 6.13. The predicted octanol–water partition coefficient (Wildman–Crippen LogP) is -1.96. The number of carbonyl (C=O) groups excluding carboxylic acids is 1. The zero-order valence-electron chi connectivity index (χ0n) is 10.6. The summed E-state index contributed by atoms with van der Waals surface area (Å²) >= 11 is 0. The Morgan fingerprint density at radius 2 is 2.22 bits per heavy atom. The maximum Gasteiger partial charge on any atom is 0.244 e. The first-order chi connectivity index (χ1) is 8.75. The number of hydrogen-bond donors (Lipinski definition) is 1. The molecule has 0 atom stereocenters. The van der Waals surface area contributed by atoms with Crippen molar-refractivity contribution in [3.63, 3.8) is 0 Å². The van der Waals surface area contributed by atoms with E-state index in [1.54, 1.807) is 4.90 Å². The molecule has 18 heavy (non-hydrogen) atoms. The fourth-order valence-electron chi connectivity index (χ4n) is 1.86. The van der Waals surface area contributed by atoms with Gasteiger partial charge >= 0.3 is 0 Å². The van der Waals surface area contributed by atoms with Gasteiger partial charge in [-0.1, -0.05) is 0 Å². The van der Waals surface area contributed by atoms with E-state index in [0.29, 0.717) is 0 Å². The topological polar surface area (TPSA) is 79.2 Å². The number of nitrogens with zero attached hydrogens (tertiary/aromatic N) is 6. The Labute approximate surface area is 106 Å². The molecule has 8 nitrogen and oxygen atoms in total. The lowest BCUT2D eigenvalue weighted by Gasteiger charge is -2.29. The summed E-state index contributed by atoms with van der Waals surface area (Å²) in [4.78, 5) is 15.9. The van der Waals surface area contributed by atoms with Gasteiger partial charge in [0.2, 0.25) is 5.91 Å². The highest BCUT2D eigenvalue weighted by Gasteiger charge is 2.13. The van der Waals surface area contributed by atoms with Crippen molar-refractivity contribution in [1.29, 1.82) is 0 Å². The number of carbonyl (C=O) groups is 1. The third kappa shape index (κ3) is 3.74. The molecule has 1 amide bonds. The van der Waals surface area contributed by atoms with Crippen LogP contribution in [0.5, 0.6) is 0 Å².